The van der Waals surface area contributed by atoms with Gasteiger partial charge in [-0.3, -0.25) is 20.3 Å². The maximum atomic E-state index is 11.8. The van der Waals surface area contributed by atoms with E-state index in [0.29, 0.717) is 10.8 Å². The molecule has 0 fully saturated rings. The zero-order valence-electron chi connectivity index (χ0n) is 10.9. The molecule has 0 radical (unpaired) electrons. The fourth-order valence-electron chi connectivity index (χ4n) is 1.42. The largest absolute Gasteiger partial charge is 0.361 e. The quantitative estimate of drug-likeness (QED) is 0.425. The van der Waals surface area contributed by atoms with Crippen molar-refractivity contribution in [2.75, 3.05) is 6.54 Å². The first-order valence-corrected chi connectivity index (χ1v) is 6.30. The Morgan fingerprint density at radius 1 is 1.50 bits per heavy atom. The predicted molar refractivity (Wildman–Crippen MR) is 74.1 cm³/mol. The van der Waals surface area contributed by atoms with Crippen molar-refractivity contribution in [1.29, 1.82) is 0 Å². The highest BCUT2D eigenvalue weighted by Gasteiger charge is 2.11. The Balaban J connectivity index is 2.37. The summed E-state index contributed by atoms with van der Waals surface area (Å²) in [7, 11) is 1.72. The van der Waals surface area contributed by atoms with Crippen LogP contribution >= 0.6 is 12.2 Å². The molecule has 3 N–H and O–H groups in total. The van der Waals surface area contributed by atoms with Crippen LogP contribution in [0.1, 0.15) is 35.9 Å². The van der Waals surface area contributed by atoms with E-state index in [4.69, 9.17) is 12.2 Å². The maximum Gasteiger partial charge on any atom is 0.287 e. The fourth-order valence-corrected chi connectivity index (χ4v) is 1.58. The SMILES string of the molecule is CCCCNC(=S)NNC(=O)c1cc(C)nn1C. The highest BCUT2D eigenvalue weighted by molar-refractivity contribution is 7.80. The fraction of sp³-hybridized carbons (Fsp3) is 0.545. The Morgan fingerprint density at radius 3 is 2.78 bits per heavy atom. The van der Waals surface area contributed by atoms with Crippen molar-refractivity contribution in [3.63, 3.8) is 0 Å². The van der Waals surface area contributed by atoms with Crippen molar-refractivity contribution in [2.24, 2.45) is 7.05 Å². The van der Waals surface area contributed by atoms with E-state index in [1.165, 1.54) is 4.68 Å². The lowest BCUT2D eigenvalue weighted by atomic mass is 10.3. The third-order valence-electron chi connectivity index (χ3n) is 2.34. The van der Waals surface area contributed by atoms with Crippen LogP contribution in [0.5, 0.6) is 0 Å². The summed E-state index contributed by atoms with van der Waals surface area (Å²) >= 11 is 5.01. The minimum atomic E-state index is -0.266. The number of nitrogens with zero attached hydrogens (tertiary/aromatic N) is 2. The van der Waals surface area contributed by atoms with Gasteiger partial charge in [0.25, 0.3) is 5.91 Å². The predicted octanol–water partition coefficient (Wildman–Crippen LogP) is 0.638. The number of unbranched alkanes of at least 4 members (excludes halogenated alkanes) is 1. The van der Waals surface area contributed by atoms with Crippen LogP contribution in [0.4, 0.5) is 0 Å². The van der Waals surface area contributed by atoms with Gasteiger partial charge in [-0.25, -0.2) is 0 Å². The third-order valence-corrected chi connectivity index (χ3v) is 2.59. The molecule has 0 aromatic carbocycles. The first-order valence-electron chi connectivity index (χ1n) is 5.89. The molecule has 1 aromatic rings. The van der Waals surface area contributed by atoms with E-state index in [0.717, 1.165) is 25.1 Å². The molecule has 1 rings (SSSR count). The molecule has 0 bridgehead atoms. The molecule has 0 unspecified atom stereocenters. The zero-order chi connectivity index (χ0) is 13.5. The number of aromatic nitrogens is 2. The van der Waals surface area contributed by atoms with Gasteiger partial charge in [0.1, 0.15) is 5.69 Å². The highest BCUT2D eigenvalue weighted by atomic mass is 32.1. The average Bonchev–Trinajstić information content (AvgIpc) is 2.66. The lowest BCUT2D eigenvalue weighted by molar-refractivity contribution is 0.0934. The molecule has 7 heteroatoms. The summed E-state index contributed by atoms with van der Waals surface area (Å²) in [5.74, 6) is -0.266. The van der Waals surface area contributed by atoms with Crippen molar-refractivity contribution < 1.29 is 4.79 Å². The smallest absolute Gasteiger partial charge is 0.287 e. The Labute approximate surface area is 112 Å². The van der Waals surface area contributed by atoms with Crippen LogP contribution < -0.4 is 16.2 Å². The van der Waals surface area contributed by atoms with Gasteiger partial charge in [-0.1, -0.05) is 13.3 Å². The van der Waals surface area contributed by atoms with Gasteiger partial charge in [0.05, 0.1) is 5.69 Å². The molecular formula is C11H19N5OS. The summed E-state index contributed by atoms with van der Waals surface area (Å²) in [4.78, 5) is 11.8. The molecule has 0 aliphatic carbocycles. The molecule has 0 aliphatic rings. The van der Waals surface area contributed by atoms with Gasteiger partial charge >= 0.3 is 0 Å². The number of amides is 1. The number of thiocarbonyl (C=S) groups is 1. The Morgan fingerprint density at radius 2 is 2.22 bits per heavy atom. The monoisotopic (exact) mass is 269 g/mol. The van der Waals surface area contributed by atoms with Gasteiger partial charge in [-0.05, 0) is 31.6 Å². The molecule has 100 valence electrons. The molecule has 18 heavy (non-hydrogen) atoms. The van der Waals surface area contributed by atoms with Crippen molar-refractivity contribution in [2.45, 2.75) is 26.7 Å². The second kappa shape index (κ2) is 6.95. The van der Waals surface area contributed by atoms with Crippen molar-refractivity contribution in [3.8, 4) is 0 Å². The number of nitrogens with one attached hydrogen (secondary N) is 3. The Hall–Kier alpha value is -1.63. The molecule has 1 amide bonds. The van der Waals surface area contributed by atoms with E-state index in [2.05, 4.69) is 28.2 Å². The molecule has 1 aromatic heterocycles. The lowest BCUT2D eigenvalue weighted by Gasteiger charge is -2.11. The number of hydrogen-bond donors (Lipinski definition) is 3. The molecule has 0 saturated heterocycles. The summed E-state index contributed by atoms with van der Waals surface area (Å²) in [5, 5.41) is 7.51. The van der Waals surface area contributed by atoms with Gasteiger partial charge in [-0.2, -0.15) is 5.10 Å². The molecular weight excluding hydrogens is 250 g/mol. The van der Waals surface area contributed by atoms with Gasteiger partial charge in [0.15, 0.2) is 5.11 Å². The maximum absolute atomic E-state index is 11.8. The van der Waals surface area contributed by atoms with E-state index >= 15 is 0 Å². The first kappa shape index (κ1) is 14.4. The number of carbonyl (C=O) groups excluding carboxylic acids is 1. The summed E-state index contributed by atoms with van der Waals surface area (Å²) in [6, 6.07) is 1.71. The van der Waals surface area contributed by atoms with E-state index < -0.39 is 0 Å². The summed E-state index contributed by atoms with van der Waals surface area (Å²) in [6.45, 7) is 4.73. The summed E-state index contributed by atoms with van der Waals surface area (Å²) < 4.78 is 1.53. The van der Waals surface area contributed by atoms with E-state index in [-0.39, 0.29) is 5.91 Å². The topological polar surface area (TPSA) is 71.0 Å². The van der Waals surface area contributed by atoms with E-state index in [1.807, 2.05) is 6.92 Å². The Kier molecular flexibility index (Phi) is 5.57. The standard InChI is InChI=1S/C11H19N5OS/c1-4-5-6-12-11(18)14-13-10(17)9-7-8(2)15-16(9)3/h7H,4-6H2,1-3H3,(H,13,17)(H2,12,14,18). The minimum absolute atomic E-state index is 0.266. The second-order valence-electron chi connectivity index (χ2n) is 3.98. The van der Waals surface area contributed by atoms with Gasteiger partial charge in [0, 0.05) is 13.6 Å². The second-order valence-corrected chi connectivity index (χ2v) is 4.39. The molecule has 0 spiro atoms. The minimum Gasteiger partial charge on any atom is -0.361 e. The first-order chi connectivity index (χ1) is 8.54. The highest BCUT2D eigenvalue weighted by Crippen LogP contribution is 2.00. The molecule has 0 atom stereocenters. The number of hydrazine groups is 1. The Bertz CT molecular complexity index is 429. The van der Waals surface area contributed by atoms with E-state index in [1.54, 1.807) is 13.1 Å². The molecule has 6 nitrogen and oxygen atoms in total. The van der Waals surface area contributed by atoms with Crippen LogP contribution in [0.25, 0.3) is 0 Å². The normalized spacial score (nSPS) is 9.94. The number of hydrogen-bond acceptors (Lipinski definition) is 3. The average molecular weight is 269 g/mol. The zero-order valence-corrected chi connectivity index (χ0v) is 11.7. The summed E-state index contributed by atoms with van der Waals surface area (Å²) in [5.41, 5.74) is 6.46. The lowest BCUT2D eigenvalue weighted by Crippen LogP contribution is -2.47. The van der Waals surface area contributed by atoms with Gasteiger partial charge in [0.2, 0.25) is 0 Å². The van der Waals surface area contributed by atoms with Crippen LogP contribution in [0.2, 0.25) is 0 Å². The van der Waals surface area contributed by atoms with Gasteiger partial charge in [-0.15, -0.1) is 0 Å². The van der Waals surface area contributed by atoms with E-state index in [9.17, 15) is 4.79 Å². The summed E-state index contributed by atoms with van der Waals surface area (Å²) in [6.07, 6.45) is 2.13. The number of carbonyl (C=O) groups is 1. The van der Waals surface area contributed by atoms with Crippen molar-refractivity contribution >= 4 is 23.2 Å². The third kappa shape index (κ3) is 4.33. The van der Waals surface area contributed by atoms with Crippen LogP contribution in [0, 0.1) is 6.92 Å². The van der Waals surface area contributed by atoms with Gasteiger partial charge < -0.3 is 5.32 Å². The van der Waals surface area contributed by atoms with Crippen LogP contribution in [-0.4, -0.2) is 27.3 Å². The van der Waals surface area contributed by atoms with Crippen molar-refractivity contribution in [1.82, 2.24) is 25.9 Å². The van der Waals surface area contributed by atoms with Crippen LogP contribution in [0.15, 0.2) is 6.07 Å². The van der Waals surface area contributed by atoms with Crippen LogP contribution in [0.3, 0.4) is 0 Å². The number of aryl methyl sites for hydroxylation is 2. The van der Waals surface area contributed by atoms with Crippen molar-refractivity contribution in [3.05, 3.63) is 17.5 Å². The molecule has 1 heterocycles. The number of rotatable bonds is 4. The molecule has 0 aliphatic heterocycles. The van der Waals surface area contributed by atoms with Crippen LogP contribution in [-0.2, 0) is 7.05 Å². The molecule has 0 saturated carbocycles.